The van der Waals surface area contributed by atoms with Gasteiger partial charge in [-0.1, -0.05) is 13.0 Å². The molecular formula is C16H28N4. The van der Waals surface area contributed by atoms with Crippen molar-refractivity contribution in [1.29, 1.82) is 0 Å². The molecule has 1 aromatic rings. The zero-order valence-electron chi connectivity index (χ0n) is 13.1. The summed E-state index contributed by atoms with van der Waals surface area (Å²) in [5.74, 6) is 0.991. The number of aromatic nitrogens is 1. The Morgan fingerprint density at radius 2 is 2.15 bits per heavy atom. The van der Waals surface area contributed by atoms with Crippen LogP contribution >= 0.6 is 0 Å². The number of nitrogens with zero attached hydrogens (tertiary/aromatic N) is 3. The van der Waals surface area contributed by atoms with E-state index in [1.165, 1.54) is 38.2 Å². The first-order valence-corrected chi connectivity index (χ1v) is 7.85. The van der Waals surface area contributed by atoms with Crippen molar-refractivity contribution >= 4 is 5.82 Å². The SMILES string of the molecule is CCNc1cccc(CN2CCCN(C)CC2CC)n1. The zero-order chi connectivity index (χ0) is 14.4. The maximum Gasteiger partial charge on any atom is 0.126 e. The predicted octanol–water partition coefficient (Wildman–Crippen LogP) is 2.43. The molecule has 2 heterocycles. The van der Waals surface area contributed by atoms with Crippen LogP contribution in [0, 0.1) is 0 Å². The highest BCUT2D eigenvalue weighted by Crippen LogP contribution is 2.16. The number of hydrogen-bond donors (Lipinski definition) is 1. The van der Waals surface area contributed by atoms with E-state index >= 15 is 0 Å². The van der Waals surface area contributed by atoms with Gasteiger partial charge >= 0.3 is 0 Å². The molecule has 1 fully saturated rings. The van der Waals surface area contributed by atoms with Crippen molar-refractivity contribution in [1.82, 2.24) is 14.8 Å². The van der Waals surface area contributed by atoms with E-state index in [-0.39, 0.29) is 0 Å². The van der Waals surface area contributed by atoms with Gasteiger partial charge in [0, 0.05) is 32.2 Å². The smallest absolute Gasteiger partial charge is 0.126 e. The minimum atomic E-state index is 0.645. The van der Waals surface area contributed by atoms with Crippen molar-refractivity contribution in [3.05, 3.63) is 23.9 Å². The second-order valence-electron chi connectivity index (χ2n) is 5.69. The number of nitrogens with one attached hydrogen (secondary N) is 1. The van der Waals surface area contributed by atoms with E-state index < -0.39 is 0 Å². The fraction of sp³-hybridized carbons (Fsp3) is 0.688. The number of anilines is 1. The molecular weight excluding hydrogens is 248 g/mol. The second kappa shape index (κ2) is 7.60. The van der Waals surface area contributed by atoms with Gasteiger partial charge in [0.1, 0.15) is 5.82 Å². The van der Waals surface area contributed by atoms with E-state index in [1.54, 1.807) is 0 Å². The lowest BCUT2D eigenvalue weighted by molar-refractivity contribution is 0.174. The first kappa shape index (κ1) is 15.3. The standard InChI is InChI=1S/C16H28N4/c1-4-15-13-19(3)10-7-11-20(15)12-14-8-6-9-16(18-14)17-5-2/h6,8-9,15H,4-5,7,10-13H2,1-3H3,(H,17,18). The van der Waals surface area contributed by atoms with E-state index in [2.05, 4.69) is 48.1 Å². The van der Waals surface area contributed by atoms with Crippen LogP contribution in [-0.4, -0.2) is 54.1 Å². The highest BCUT2D eigenvalue weighted by atomic mass is 15.2. The van der Waals surface area contributed by atoms with Crippen molar-refractivity contribution in [2.24, 2.45) is 0 Å². The lowest BCUT2D eigenvalue weighted by atomic mass is 10.1. The summed E-state index contributed by atoms with van der Waals surface area (Å²) < 4.78 is 0. The first-order valence-electron chi connectivity index (χ1n) is 7.85. The minimum absolute atomic E-state index is 0.645. The Bertz CT molecular complexity index is 407. The summed E-state index contributed by atoms with van der Waals surface area (Å²) >= 11 is 0. The van der Waals surface area contributed by atoms with Crippen LogP contribution in [-0.2, 0) is 6.54 Å². The van der Waals surface area contributed by atoms with Gasteiger partial charge in [-0.25, -0.2) is 4.98 Å². The maximum absolute atomic E-state index is 4.71. The highest BCUT2D eigenvalue weighted by molar-refractivity contribution is 5.35. The van der Waals surface area contributed by atoms with Gasteiger partial charge in [0.25, 0.3) is 0 Å². The van der Waals surface area contributed by atoms with E-state index in [4.69, 9.17) is 4.98 Å². The minimum Gasteiger partial charge on any atom is -0.370 e. The molecule has 0 saturated carbocycles. The third-order valence-corrected chi connectivity index (χ3v) is 4.02. The van der Waals surface area contributed by atoms with Crippen LogP contribution in [0.5, 0.6) is 0 Å². The largest absolute Gasteiger partial charge is 0.370 e. The Labute approximate surface area is 123 Å². The molecule has 4 heteroatoms. The van der Waals surface area contributed by atoms with Gasteiger partial charge in [0.05, 0.1) is 5.69 Å². The van der Waals surface area contributed by atoms with Crippen LogP contribution in [0.15, 0.2) is 18.2 Å². The number of rotatable bonds is 5. The molecule has 0 amide bonds. The molecule has 1 atom stereocenters. The third kappa shape index (κ3) is 4.18. The molecule has 0 aromatic carbocycles. The molecule has 1 aromatic heterocycles. The van der Waals surface area contributed by atoms with Gasteiger partial charge in [-0.15, -0.1) is 0 Å². The Hall–Kier alpha value is -1.13. The van der Waals surface area contributed by atoms with Crippen molar-refractivity contribution in [3.63, 3.8) is 0 Å². The Morgan fingerprint density at radius 1 is 1.30 bits per heavy atom. The molecule has 0 bridgehead atoms. The second-order valence-corrected chi connectivity index (χ2v) is 5.69. The molecule has 1 unspecified atom stereocenters. The Morgan fingerprint density at radius 3 is 2.90 bits per heavy atom. The molecule has 0 spiro atoms. The van der Waals surface area contributed by atoms with Crippen LogP contribution in [0.1, 0.15) is 32.4 Å². The van der Waals surface area contributed by atoms with Crippen LogP contribution in [0.4, 0.5) is 5.82 Å². The van der Waals surface area contributed by atoms with Crippen LogP contribution in [0.25, 0.3) is 0 Å². The van der Waals surface area contributed by atoms with Crippen LogP contribution < -0.4 is 5.32 Å². The molecule has 2 rings (SSSR count). The molecule has 1 aliphatic rings. The van der Waals surface area contributed by atoms with Gasteiger partial charge in [0.15, 0.2) is 0 Å². The molecule has 20 heavy (non-hydrogen) atoms. The highest BCUT2D eigenvalue weighted by Gasteiger charge is 2.22. The van der Waals surface area contributed by atoms with Crippen LogP contribution in [0.3, 0.4) is 0 Å². The summed E-state index contributed by atoms with van der Waals surface area (Å²) in [7, 11) is 2.23. The van der Waals surface area contributed by atoms with Gasteiger partial charge in [-0.2, -0.15) is 0 Å². The quantitative estimate of drug-likeness (QED) is 0.895. The molecule has 1 aliphatic heterocycles. The van der Waals surface area contributed by atoms with Crippen molar-refractivity contribution < 1.29 is 0 Å². The van der Waals surface area contributed by atoms with E-state index in [1.807, 2.05) is 6.07 Å². The molecule has 1 N–H and O–H groups in total. The lowest BCUT2D eigenvalue weighted by Gasteiger charge is -2.29. The number of pyridine rings is 1. The normalized spacial score (nSPS) is 21.6. The fourth-order valence-corrected chi connectivity index (χ4v) is 2.94. The fourth-order valence-electron chi connectivity index (χ4n) is 2.94. The molecule has 4 nitrogen and oxygen atoms in total. The monoisotopic (exact) mass is 276 g/mol. The summed E-state index contributed by atoms with van der Waals surface area (Å²) in [5, 5.41) is 3.29. The Kier molecular flexibility index (Phi) is 5.80. The summed E-state index contributed by atoms with van der Waals surface area (Å²) in [5.41, 5.74) is 1.17. The molecule has 1 saturated heterocycles. The van der Waals surface area contributed by atoms with E-state index in [0.29, 0.717) is 6.04 Å². The number of hydrogen-bond acceptors (Lipinski definition) is 4. The summed E-state index contributed by atoms with van der Waals surface area (Å²) in [6, 6.07) is 6.93. The van der Waals surface area contributed by atoms with Gasteiger partial charge in [-0.05, 0) is 45.5 Å². The summed E-state index contributed by atoms with van der Waals surface area (Å²) in [4.78, 5) is 9.76. The van der Waals surface area contributed by atoms with Gasteiger partial charge in [-0.3, -0.25) is 4.90 Å². The van der Waals surface area contributed by atoms with Crippen LogP contribution in [0.2, 0.25) is 0 Å². The lowest BCUT2D eigenvalue weighted by Crippen LogP contribution is -2.39. The average Bonchev–Trinajstić information content (AvgIpc) is 2.61. The average molecular weight is 276 g/mol. The third-order valence-electron chi connectivity index (χ3n) is 4.02. The number of likely N-dealkylation sites (N-methyl/N-ethyl adjacent to an activating group) is 1. The zero-order valence-corrected chi connectivity index (χ0v) is 13.1. The topological polar surface area (TPSA) is 31.4 Å². The first-order chi connectivity index (χ1) is 9.72. The predicted molar refractivity (Wildman–Crippen MR) is 85.0 cm³/mol. The summed E-state index contributed by atoms with van der Waals surface area (Å²) in [6.45, 7) is 9.83. The maximum atomic E-state index is 4.71. The Balaban J connectivity index is 2.04. The van der Waals surface area contributed by atoms with E-state index in [9.17, 15) is 0 Å². The van der Waals surface area contributed by atoms with E-state index in [0.717, 1.165) is 18.9 Å². The molecule has 112 valence electrons. The molecule has 0 radical (unpaired) electrons. The van der Waals surface area contributed by atoms with Crippen molar-refractivity contribution in [2.45, 2.75) is 39.3 Å². The van der Waals surface area contributed by atoms with Gasteiger partial charge in [0.2, 0.25) is 0 Å². The summed E-state index contributed by atoms with van der Waals surface area (Å²) in [6.07, 6.45) is 2.46. The van der Waals surface area contributed by atoms with Gasteiger partial charge < -0.3 is 10.2 Å². The van der Waals surface area contributed by atoms with Crippen molar-refractivity contribution in [2.75, 3.05) is 38.5 Å². The molecule has 0 aliphatic carbocycles. The van der Waals surface area contributed by atoms with Crippen molar-refractivity contribution in [3.8, 4) is 0 Å².